The quantitative estimate of drug-likeness (QED) is 0.764. The van der Waals surface area contributed by atoms with Crippen LogP contribution in [-0.4, -0.2) is 51.4 Å². The average Bonchev–Trinajstić information content (AvgIpc) is 3.25. The van der Waals surface area contributed by atoms with E-state index in [0.29, 0.717) is 24.4 Å². The Balaban J connectivity index is 1.47. The van der Waals surface area contributed by atoms with Crippen molar-refractivity contribution in [3.63, 3.8) is 0 Å². The van der Waals surface area contributed by atoms with Crippen LogP contribution in [0, 0.1) is 6.92 Å². The van der Waals surface area contributed by atoms with Gasteiger partial charge >= 0.3 is 0 Å². The third-order valence-electron chi connectivity index (χ3n) is 6.77. The highest BCUT2D eigenvalue weighted by atomic mass is 16.5. The Morgan fingerprint density at radius 2 is 1.90 bits per heavy atom. The maximum atomic E-state index is 13.0. The number of imidazole rings is 1. The molecule has 5 rings (SSSR count). The summed E-state index contributed by atoms with van der Waals surface area (Å²) < 4.78 is 7.71. The monoisotopic (exact) mass is 422 g/mol. The lowest BCUT2D eigenvalue weighted by molar-refractivity contribution is -0.136. The smallest absolute Gasteiger partial charge is 0.255 e. The fraction of sp³-hybridized carbons (Fsp3) is 0.478. The predicted octanol–water partition coefficient (Wildman–Crippen LogP) is 2.05. The lowest BCUT2D eigenvalue weighted by Crippen LogP contribution is -2.52. The van der Waals surface area contributed by atoms with Crippen molar-refractivity contribution in [1.82, 2.24) is 19.8 Å². The molecule has 3 aliphatic heterocycles. The van der Waals surface area contributed by atoms with Gasteiger partial charge in [0.05, 0.1) is 5.69 Å². The van der Waals surface area contributed by atoms with Gasteiger partial charge in [0.2, 0.25) is 11.8 Å². The predicted molar refractivity (Wildman–Crippen MR) is 112 cm³/mol. The average molecular weight is 422 g/mol. The fourth-order valence-corrected chi connectivity index (χ4v) is 5.00. The molecule has 8 nitrogen and oxygen atoms in total. The first kappa shape index (κ1) is 19.9. The van der Waals surface area contributed by atoms with Crippen molar-refractivity contribution in [2.24, 2.45) is 7.05 Å². The number of nitrogens with zero attached hydrogens (tertiary/aromatic N) is 3. The van der Waals surface area contributed by atoms with E-state index in [4.69, 9.17) is 9.72 Å². The minimum absolute atomic E-state index is 0.155. The molecule has 2 fully saturated rings. The molecule has 162 valence electrons. The largest absolute Gasteiger partial charge is 0.381 e. The molecule has 1 aromatic heterocycles. The number of aryl methyl sites for hydroxylation is 1. The van der Waals surface area contributed by atoms with Crippen molar-refractivity contribution in [3.05, 3.63) is 40.8 Å². The van der Waals surface area contributed by atoms with Crippen LogP contribution in [0.4, 0.5) is 0 Å². The molecule has 31 heavy (non-hydrogen) atoms. The van der Waals surface area contributed by atoms with Crippen molar-refractivity contribution in [2.45, 2.75) is 51.1 Å². The van der Waals surface area contributed by atoms with E-state index in [9.17, 15) is 14.4 Å². The van der Waals surface area contributed by atoms with Crippen molar-refractivity contribution < 1.29 is 19.1 Å². The molecule has 0 radical (unpaired) electrons. The van der Waals surface area contributed by atoms with E-state index in [1.807, 2.05) is 25.1 Å². The summed E-state index contributed by atoms with van der Waals surface area (Å²) in [7, 11) is 2.05. The van der Waals surface area contributed by atoms with Crippen LogP contribution in [0.2, 0.25) is 0 Å². The van der Waals surface area contributed by atoms with Crippen LogP contribution < -0.4 is 5.32 Å². The summed E-state index contributed by atoms with van der Waals surface area (Å²) in [6, 6.07) is 5.23. The van der Waals surface area contributed by atoms with Gasteiger partial charge in [-0.3, -0.25) is 19.7 Å². The van der Waals surface area contributed by atoms with Gasteiger partial charge in [-0.05, 0) is 43.9 Å². The van der Waals surface area contributed by atoms with E-state index in [2.05, 4.69) is 16.9 Å². The van der Waals surface area contributed by atoms with E-state index in [1.165, 1.54) is 5.69 Å². The zero-order chi connectivity index (χ0) is 21.7. The second-order valence-electron chi connectivity index (χ2n) is 8.61. The molecule has 1 N–H and O–H groups in total. The van der Waals surface area contributed by atoms with Crippen LogP contribution in [0.5, 0.6) is 0 Å². The third kappa shape index (κ3) is 3.35. The van der Waals surface area contributed by atoms with Crippen molar-refractivity contribution in [2.75, 3.05) is 13.2 Å². The topological polar surface area (TPSA) is 93.5 Å². The molecule has 0 spiro atoms. The SMILES string of the molecule is Cc1nc(-c2ccc3c(c2)CN(C2CCC(=O)NC2=O)C3=O)c(C2CCOCC2)n1C. The van der Waals surface area contributed by atoms with Gasteiger partial charge in [0.25, 0.3) is 5.91 Å². The first-order chi connectivity index (χ1) is 14.9. The molecule has 1 unspecified atom stereocenters. The number of amides is 3. The first-order valence-corrected chi connectivity index (χ1v) is 10.8. The van der Waals surface area contributed by atoms with Gasteiger partial charge in [-0.1, -0.05) is 6.07 Å². The molecule has 0 bridgehead atoms. The standard InChI is InChI=1S/C23H26N4O4/c1-13-24-20(21(26(13)2)14-7-9-31-10-8-14)15-3-4-17-16(11-15)12-27(23(17)30)18-5-6-19(28)25-22(18)29/h3-4,11,14,18H,5-10,12H2,1-2H3,(H,25,28,29). The van der Waals surface area contributed by atoms with Crippen molar-refractivity contribution >= 4 is 17.7 Å². The Labute approximate surface area is 180 Å². The highest BCUT2D eigenvalue weighted by Crippen LogP contribution is 2.37. The molecule has 2 saturated heterocycles. The van der Waals surface area contributed by atoms with Crippen LogP contribution >= 0.6 is 0 Å². The molecule has 3 amide bonds. The maximum Gasteiger partial charge on any atom is 0.255 e. The molecule has 0 saturated carbocycles. The van der Waals surface area contributed by atoms with E-state index < -0.39 is 6.04 Å². The number of benzene rings is 1. The van der Waals surface area contributed by atoms with E-state index in [1.54, 1.807) is 4.90 Å². The number of hydrogen-bond acceptors (Lipinski definition) is 5. The van der Waals surface area contributed by atoms with Gasteiger partial charge in [0.15, 0.2) is 0 Å². The van der Waals surface area contributed by atoms with Crippen LogP contribution in [0.3, 0.4) is 0 Å². The van der Waals surface area contributed by atoms with E-state index in [-0.39, 0.29) is 24.1 Å². The molecule has 8 heteroatoms. The molecule has 0 aliphatic carbocycles. The summed E-state index contributed by atoms with van der Waals surface area (Å²) in [5.41, 5.74) is 4.68. The van der Waals surface area contributed by atoms with Gasteiger partial charge < -0.3 is 14.2 Å². The van der Waals surface area contributed by atoms with E-state index >= 15 is 0 Å². The Hall–Kier alpha value is -3.00. The number of ether oxygens (including phenoxy) is 1. The van der Waals surface area contributed by atoms with Gasteiger partial charge in [-0.2, -0.15) is 0 Å². The Morgan fingerprint density at radius 1 is 1.13 bits per heavy atom. The highest BCUT2D eigenvalue weighted by molar-refractivity contribution is 6.05. The fourth-order valence-electron chi connectivity index (χ4n) is 5.00. The molecule has 2 aromatic rings. The number of carbonyl (C=O) groups is 3. The minimum atomic E-state index is -0.601. The van der Waals surface area contributed by atoms with Crippen LogP contribution in [-0.2, 0) is 27.9 Å². The number of piperidine rings is 1. The molecule has 3 aliphatic rings. The zero-order valence-electron chi connectivity index (χ0n) is 17.8. The van der Waals surface area contributed by atoms with Gasteiger partial charge in [0.1, 0.15) is 11.9 Å². The summed E-state index contributed by atoms with van der Waals surface area (Å²) in [6.45, 7) is 3.89. The van der Waals surface area contributed by atoms with Crippen LogP contribution in [0.15, 0.2) is 18.2 Å². The summed E-state index contributed by atoms with van der Waals surface area (Å²) in [4.78, 5) is 43.2. The number of rotatable bonds is 3. The highest BCUT2D eigenvalue weighted by Gasteiger charge is 2.39. The lowest BCUT2D eigenvalue weighted by Gasteiger charge is -2.29. The zero-order valence-corrected chi connectivity index (χ0v) is 17.8. The molecule has 1 atom stereocenters. The maximum absolute atomic E-state index is 13.0. The minimum Gasteiger partial charge on any atom is -0.381 e. The number of hydrogen-bond donors (Lipinski definition) is 1. The number of aromatic nitrogens is 2. The van der Waals surface area contributed by atoms with Crippen molar-refractivity contribution in [1.29, 1.82) is 0 Å². The van der Waals surface area contributed by atoms with Gasteiger partial charge in [0, 0.05) is 56.0 Å². The molecule has 1 aromatic carbocycles. The molecular weight excluding hydrogens is 396 g/mol. The summed E-state index contributed by atoms with van der Waals surface area (Å²) in [6.07, 6.45) is 2.56. The molecule has 4 heterocycles. The molecular formula is C23H26N4O4. The summed E-state index contributed by atoms with van der Waals surface area (Å²) in [5, 5.41) is 2.35. The second kappa shape index (κ2) is 7.60. The lowest BCUT2D eigenvalue weighted by atomic mass is 9.92. The Bertz CT molecular complexity index is 1080. The van der Waals surface area contributed by atoms with Crippen LogP contribution in [0.25, 0.3) is 11.3 Å². The normalized spacial score (nSPS) is 22.1. The van der Waals surface area contributed by atoms with Crippen molar-refractivity contribution in [3.8, 4) is 11.3 Å². The van der Waals surface area contributed by atoms with E-state index in [0.717, 1.165) is 48.7 Å². The number of fused-ring (bicyclic) bond motifs is 1. The second-order valence-corrected chi connectivity index (χ2v) is 8.61. The summed E-state index contributed by atoms with van der Waals surface area (Å²) in [5.74, 6) is 0.527. The number of carbonyl (C=O) groups excluding carboxylic acids is 3. The number of nitrogens with one attached hydrogen (secondary N) is 1. The Kier molecular flexibility index (Phi) is 4.89. The van der Waals surface area contributed by atoms with Gasteiger partial charge in [-0.15, -0.1) is 0 Å². The number of imide groups is 1. The Morgan fingerprint density at radius 3 is 2.65 bits per heavy atom. The summed E-state index contributed by atoms with van der Waals surface area (Å²) >= 11 is 0. The van der Waals surface area contributed by atoms with Gasteiger partial charge in [-0.25, -0.2) is 4.98 Å². The van der Waals surface area contributed by atoms with Crippen LogP contribution in [0.1, 0.15) is 59.0 Å². The third-order valence-corrected chi connectivity index (χ3v) is 6.77. The first-order valence-electron chi connectivity index (χ1n) is 10.8.